The molecule has 0 fully saturated rings. The van der Waals surface area contributed by atoms with Gasteiger partial charge in [0.2, 0.25) is 0 Å². The molecule has 0 radical (unpaired) electrons. The molecule has 3 N–H and O–H groups in total. The summed E-state index contributed by atoms with van der Waals surface area (Å²) in [6.45, 7) is 1.81. The molecule has 1 unspecified atom stereocenters. The van der Waals surface area contributed by atoms with E-state index in [9.17, 15) is 18.0 Å². The highest BCUT2D eigenvalue weighted by Crippen LogP contribution is 2.41. The number of aryl methyl sites for hydroxylation is 1. The average Bonchev–Trinajstić information content (AvgIpc) is 2.70. The van der Waals surface area contributed by atoms with Gasteiger partial charge in [-0.3, -0.25) is 4.68 Å². The number of carbonyl (C=O) groups is 1. The third-order valence-corrected chi connectivity index (χ3v) is 2.62. The summed E-state index contributed by atoms with van der Waals surface area (Å²) in [5.74, 6) is -2.52. The first-order valence-corrected chi connectivity index (χ1v) is 5.39. The Bertz CT molecular complexity index is 472. The first-order valence-electron chi connectivity index (χ1n) is 5.39. The van der Waals surface area contributed by atoms with Crippen LogP contribution in [0.4, 0.5) is 13.2 Å². The summed E-state index contributed by atoms with van der Waals surface area (Å²) in [6, 6.07) is 0. The van der Waals surface area contributed by atoms with Crippen LogP contribution in [0.15, 0.2) is 6.20 Å². The molecular formula is C10H14F3N3O3. The van der Waals surface area contributed by atoms with Crippen molar-refractivity contribution >= 4 is 5.97 Å². The third-order valence-electron chi connectivity index (χ3n) is 2.62. The fourth-order valence-electron chi connectivity index (χ4n) is 1.65. The lowest BCUT2D eigenvalue weighted by molar-refractivity contribution is -0.206. The number of nitrogens with zero attached hydrogens (tertiary/aromatic N) is 2. The van der Waals surface area contributed by atoms with Gasteiger partial charge in [0, 0.05) is 6.54 Å². The average molecular weight is 281 g/mol. The lowest BCUT2D eigenvalue weighted by Gasteiger charge is -2.28. The smallest absolute Gasteiger partial charge is 0.423 e. The highest BCUT2D eigenvalue weighted by Gasteiger charge is 2.62. The molecule has 0 saturated carbocycles. The van der Waals surface area contributed by atoms with E-state index in [1.807, 2.05) is 0 Å². The van der Waals surface area contributed by atoms with E-state index in [-0.39, 0.29) is 12.3 Å². The van der Waals surface area contributed by atoms with E-state index in [0.717, 1.165) is 18.0 Å². The molecule has 1 aromatic rings. The third kappa shape index (κ3) is 2.37. The van der Waals surface area contributed by atoms with E-state index < -0.39 is 23.4 Å². The van der Waals surface area contributed by atoms with Crippen molar-refractivity contribution in [2.75, 3.05) is 7.11 Å². The molecule has 1 rings (SSSR count). The van der Waals surface area contributed by atoms with Crippen LogP contribution in [0.1, 0.15) is 19.0 Å². The van der Waals surface area contributed by atoms with Crippen molar-refractivity contribution in [3.63, 3.8) is 0 Å². The minimum Gasteiger partial charge on any atom is -0.493 e. The lowest BCUT2D eigenvalue weighted by Crippen LogP contribution is -2.57. The van der Waals surface area contributed by atoms with Gasteiger partial charge in [0.15, 0.2) is 5.75 Å². The quantitative estimate of drug-likeness (QED) is 0.843. The number of hydrogen-bond donors (Lipinski definition) is 2. The SMILES string of the molecule is CCCn1ncc(OC)c1C(N)(C(=O)O)C(F)(F)F. The van der Waals surface area contributed by atoms with Gasteiger partial charge in [-0.1, -0.05) is 6.92 Å². The molecule has 1 atom stereocenters. The number of aromatic nitrogens is 2. The van der Waals surface area contributed by atoms with Crippen LogP contribution in [0.3, 0.4) is 0 Å². The molecule has 0 aliphatic carbocycles. The molecule has 6 nitrogen and oxygen atoms in total. The molecule has 0 aromatic carbocycles. The van der Waals surface area contributed by atoms with Crippen LogP contribution in [0.25, 0.3) is 0 Å². The van der Waals surface area contributed by atoms with E-state index in [0.29, 0.717) is 6.42 Å². The van der Waals surface area contributed by atoms with Crippen LogP contribution in [0.2, 0.25) is 0 Å². The van der Waals surface area contributed by atoms with Crippen LogP contribution in [0, 0.1) is 0 Å². The molecule has 19 heavy (non-hydrogen) atoms. The molecule has 108 valence electrons. The molecule has 0 amide bonds. The van der Waals surface area contributed by atoms with Crippen LogP contribution in [-0.2, 0) is 16.9 Å². The number of carboxylic acids is 1. The predicted molar refractivity (Wildman–Crippen MR) is 58.6 cm³/mol. The van der Waals surface area contributed by atoms with Crippen LogP contribution in [-0.4, -0.2) is 34.1 Å². The van der Waals surface area contributed by atoms with Gasteiger partial charge in [-0.2, -0.15) is 18.3 Å². The van der Waals surface area contributed by atoms with Gasteiger partial charge in [-0.05, 0) is 6.42 Å². The van der Waals surface area contributed by atoms with Gasteiger partial charge >= 0.3 is 12.1 Å². The standard InChI is InChI=1S/C10H14F3N3O3/c1-3-4-16-7(6(19-2)5-15-16)9(14,8(17)18)10(11,12)13/h5H,3-4,14H2,1-2H3,(H,17,18). The van der Waals surface area contributed by atoms with Crippen molar-refractivity contribution in [3.8, 4) is 5.75 Å². The number of halogens is 3. The Morgan fingerprint density at radius 3 is 2.53 bits per heavy atom. The van der Waals surface area contributed by atoms with E-state index >= 15 is 0 Å². The molecule has 1 heterocycles. The largest absolute Gasteiger partial charge is 0.493 e. The topological polar surface area (TPSA) is 90.4 Å². The van der Waals surface area contributed by atoms with E-state index in [2.05, 4.69) is 5.10 Å². The fraction of sp³-hybridized carbons (Fsp3) is 0.600. The highest BCUT2D eigenvalue weighted by atomic mass is 19.4. The number of alkyl halides is 3. The maximum absolute atomic E-state index is 13.1. The van der Waals surface area contributed by atoms with Gasteiger partial charge in [0.25, 0.3) is 5.54 Å². The monoisotopic (exact) mass is 281 g/mol. The summed E-state index contributed by atoms with van der Waals surface area (Å²) in [5, 5.41) is 12.6. The number of carboxylic acid groups (broad SMARTS) is 1. The predicted octanol–water partition coefficient (Wildman–Crippen LogP) is 1.10. The minimum absolute atomic E-state index is 0.0982. The number of nitrogens with two attached hydrogens (primary N) is 1. The number of rotatable bonds is 5. The zero-order chi connectivity index (χ0) is 14.8. The van der Waals surface area contributed by atoms with Crippen molar-refractivity contribution in [2.45, 2.75) is 31.6 Å². The molecule has 0 bridgehead atoms. The molecular weight excluding hydrogens is 267 g/mol. The van der Waals surface area contributed by atoms with Crippen LogP contribution in [0.5, 0.6) is 5.75 Å². The minimum atomic E-state index is -5.18. The van der Waals surface area contributed by atoms with E-state index in [1.165, 1.54) is 0 Å². The Balaban J connectivity index is 3.54. The summed E-state index contributed by atoms with van der Waals surface area (Å²) in [5.41, 5.74) is 0.849. The summed E-state index contributed by atoms with van der Waals surface area (Å²) >= 11 is 0. The van der Waals surface area contributed by atoms with Crippen molar-refractivity contribution in [2.24, 2.45) is 5.73 Å². The molecule has 1 aromatic heterocycles. The van der Waals surface area contributed by atoms with Gasteiger partial charge < -0.3 is 15.6 Å². The normalized spacial score (nSPS) is 15.1. The summed E-state index contributed by atoms with van der Waals surface area (Å²) in [6.07, 6.45) is -3.70. The van der Waals surface area contributed by atoms with Crippen LogP contribution < -0.4 is 10.5 Å². The molecule has 0 saturated heterocycles. The first-order chi connectivity index (χ1) is 8.70. The van der Waals surface area contributed by atoms with E-state index in [1.54, 1.807) is 6.92 Å². The highest BCUT2D eigenvalue weighted by molar-refractivity contribution is 5.82. The second kappa shape index (κ2) is 5.08. The summed E-state index contributed by atoms with van der Waals surface area (Å²) < 4.78 is 44.8. The Hall–Kier alpha value is -1.77. The first kappa shape index (κ1) is 15.3. The van der Waals surface area contributed by atoms with E-state index in [4.69, 9.17) is 15.6 Å². The Morgan fingerprint density at radius 2 is 2.16 bits per heavy atom. The lowest BCUT2D eigenvalue weighted by atomic mass is 9.95. The maximum Gasteiger partial charge on any atom is 0.423 e. The van der Waals surface area contributed by atoms with Gasteiger partial charge in [-0.15, -0.1) is 0 Å². The van der Waals surface area contributed by atoms with Crippen molar-refractivity contribution in [3.05, 3.63) is 11.9 Å². The molecule has 0 spiro atoms. The van der Waals surface area contributed by atoms with Gasteiger partial charge in [-0.25, -0.2) is 4.79 Å². The zero-order valence-electron chi connectivity index (χ0n) is 10.4. The number of ether oxygens (including phenoxy) is 1. The van der Waals surface area contributed by atoms with Gasteiger partial charge in [0.05, 0.1) is 13.3 Å². The Labute approximate surface area is 106 Å². The summed E-state index contributed by atoms with van der Waals surface area (Å²) in [7, 11) is 1.12. The van der Waals surface area contributed by atoms with Gasteiger partial charge in [0.1, 0.15) is 5.69 Å². The van der Waals surface area contributed by atoms with Crippen molar-refractivity contribution < 1.29 is 27.8 Å². The molecule has 0 aliphatic heterocycles. The van der Waals surface area contributed by atoms with Crippen molar-refractivity contribution in [1.29, 1.82) is 0 Å². The fourth-order valence-corrected chi connectivity index (χ4v) is 1.65. The van der Waals surface area contributed by atoms with Crippen LogP contribution >= 0.6 is 0 Å². The Kier molecular flexibility index (Phi) is 4.09. The number of aliphatic carboxylic acids is 1. The second-order valence-corrected chi connectivity index (χ2v) is 3.90. The molecule has 9 heteroatoms. The number of methoxy groups -OCH3 is 1. The number of hydrogen-bond acceptors (Lipinski definition) is 4. The van der Waals surface area contributed by atoms with Crippen molar-refractivity contribution in [1.82, 2.24) is 9.78 Å². The Morgan fingerprint density at radius 1 is 1.58 bits per heavy atom. The second-order valence-electron chi connectivity index (χ2n) is 3.90. The zero-order valence-corrected chi connectivity index (χ0v) is 10.4. The maximum atomic E-state index is 13.1. The molecule has 0 aliphatic rings. The summed E-state index contributed by atoms with van der Waals surface area (Å²) in [4.78, 5) is 11.0.